The molecule has 0 aliphatic carbocycles. The fourth-order valence-corrected chi connectivity index (χ4v) is 4.90. The topological polar surface area (TPSA) is 175 Å². The smallest absolute Gasteiger partial charge is 0.317 e. The first kappa shape index (κ1) is 32.9. The number of aliphatic carboxylic acids is 4. The minimum Gasteiger partial charge on any atom is -0.480 e. The molecule has 1 aliphatic rings. The van der Waals surface area contributed by atoms with Crippen molar-refractivity contribution in [2.24, 2.45) is 4.99 Å². The number of rotatable bonds is 11. The second-order valence-corrected chi connectivity index (χ2v) is 9.93. The van der Waals surface area contributed by atoms with Crippen LogP contribution >= 0.6 is 12.2 Å². The van der Waals surface area contributed by atoms with Gasteiger partial charge in [-0.25, -0.2) is 0 Å². The van der Waals surface area contributed by atoms with Crippen LogP contribution in [0.25, 0.3) is 0 Å². The molecule has 13 nitrogen and oxygen atoms in total. The second-order valence-electron chi connectivity index (χ2n) is 9.74. The molecule has 0 aromatic heterocycles. The molecule has 2 rings (SSSR count). The van der Waals surface area contributed by atoms with Gasteiger partial charge in [0.1, 0.15) is 0 Å². The van der Waals surface area contributed by atoms with Gasteiger partial charge in [0.25, 0.3) is 0 Å². The van der Waals surface area contributed by atoms with Crippen LogP contribution in [-0.4, -0.2) is 147 Å². The van der Waals surface area contributed by atoms with Crippen LogP contribution in [0.5, 0.6) is 0 Å². The number of carboxylic acid groups (broad SMARTS) is 4. The van der Waals surface area contributed by atoms with Crippen molar-refractivity contribution in [2.75, 3.05) is 72.0 Å². The molecule has 0 saturated carbocycles. The highest BCUT2D eigenvalue weighted by molar-refractivity contribution is 7.78. The third-order valence-corrected chi connectivity index (χ3v) is 6.77. The van der Waals surface area contributed by atoms with E-state index in [9.17, 15) is 39.6 Å². The van der Waals surface area contributed by atoms with Gasteiger partial charge in [-0.1, -0.05) is 12.1 Å². The highest BCUT2D eigenvalue weighted by atomic mass is 32.1. The number of carbonyl (C=O) groups is 4. The molecular weight excluding hydrogens is 542 g/mol. The molecule has 0 spiro atoms. The minimum atomic E-state index is -1.02. The zero-order valence-corrected chi connectivity index (χ0v) is 23.2. The average molecular weight is 580 g/mol. The molecule has 1 atom stereocenters. The van der Waals surface area contributed by atoms with Gasteiger partial charge in [0.2, 0.25) is 0 Å². The van der Waals surface area contributed by atoms with Crippen molar-refractivity contribution in [3.8, 4) is 0 Å². The molecule has 4 N–H and O–H groups in total. The predicted molar refractivity (Wildman–Crippen MR) is 149 cm³/mol. The Hall–Kier alpha value is -3.26. The van der Waals surface area contributed by atoms with Gasteiger partial charge in [0.15, 0.2) is 0 Å². The number of aliphatic imine (C=N–C) groups is 1. The molecule has 1 fully saturated rings. The summed E-state index contributed by atoms with van der Waals surface area (Å²) in [5.41, 5.74) is 1.56. The van der Waals surface area contributed by atoms with Crippen molar-refractivity contribution < 1.29 is 39.6 Å². The Labute approximate surface area is 238 Å². The Kier molecular flexibility index (Phi) is 14.4. The first-order valence-corrected chi connectivity index (χ1v) is 13.4. The lowest BCUT2D eigenvalue weighted by atomic mass is 10.0. The van der Waals surface area contributed by atoms with Gasteiger partial charge in [-0.3, -0.25) is 38.8 Å². The van der Waals surface area contributed by atoms with Gasteiger partial charge in [-0.05, 0) is 49.2 Å². The summed E-state index contributed by atoms with van der Waals surface area (Å²) in [7, 11) is 0. The summed E-state index contributed by atoms with van der Waals surface area (Å²) in [5, 5.41) is 40.2. The zero-order valence-electron chi connectivity index (χ0n) is 22.4. The standard InChI is InChI=1S/C26H37N5O8S/c32-23(33)15-28-7-1-8-29(16-24(34)35)12-13-31(18-26(38)39)22(6-9-30(11-10-28)17-25(36)37)14-20-2-4-21(5-3-20)27-19-40/h2-5,22H,1,6-18H2,(H,32,33)(H,34,35)(H,36,37)(H,38,39). The highest BCUT2D eigenvalue weighted by Crippen LogP contribution is 2.18. The largest absolute Gasteiger partial charge is 0.480 e. The van der Waals surface area contributed by atoms with Gasteiger partial charge >= 0.3 is 23.9 Å². The quantitative estimate of drug-likeness (QED) is 0.213. The molecule has 1 aromatic carbocycles. The summed E-state index contributed by atoms with van der Waals surface area (Å²) < 4.78 is 0. The van der Waals surface area contributed by atoms with Crippen molar-refractivity contribution in [1.82, 2.24) is 19.6 Å². The maximum Gasteiger partial charge on any atom is 0.317 e. The number of nitrogens with zero attached hydrogens (tertiary/aromatic N) is 5. The third-order valence-electron chi connectivity index (χ3n) is 6.68. The van der Waals surface area contributed by atoms with E-state index in [0.717, 1.165) is 5.56 Å². The summed E-state index contributed by atoms with van der Waals surface area (Å²) in [6.45, 7) is 1.43. The zero-order chi connectivity index (χ0) is 29.5. The normalized spacial score (nSPS) is 19.2. The molecule has 0 bridgehead atoms. The van der Waals surface area contributed by atoms with Gasteiger partial charge in [-0.2, -0.15) is 4.99 Å². The first-order valence-electron chi connectivity index (χ1n) is 13.0. The summed E-state index contributed by atoms with van der Waals surface area (Å²) in [5.74, 6) is -4.04. The highest BCUT2D eigenvalue weighted by Gasteiger charge is 2.25. The lowest BCUT2D eigenvalue weighted by Crippen LogP contribution is -2.48. The number of isothiocyanates is 1. The van der Waals surface area contributed by atoms with E-state index in [2.05, 4.69) is 22.4 Å². The number of thiocarbonyl (C=S) groups is 1. The Morgan fingerprint density at radius 1 is 0.725 bits per heavy atom. The number of hydrogen-bond donors (Lipinski definition) is 4. The molecule has 40 heavy (non-hydrogen) atoms. The van der Waals surface area contributed by atoms with Crippen molar-refractivity contribution in [3.05, 3.63) is 29.8 Å². The Morgan fingerprint density at radius 3 is 1.68 bits per heavy atom. The third kappa shape index (κ3) is 13.2. The van der Waals surface area contributed by atoms with Crippen LogP contribution in [0.3, 0.4) is 0 Å². The molecule has 0 amide bonds. The number of hydrogen-bond acceptors (Lipinski definition) is 10. The van der Waals surface area contributed by atoms with Crippen molar-refractivity contribution in [1.29, 1.82) is 0 Å². The maximum absolute atomic E-state index is 11.8. The monoisotopic (exact) mass is 579 g/mol. The lowest BCUT2D eigenvalue weighted by Gasteiger charge is -2.35. The SMILES string of the molecule is O=C(O)CN1CCCN(CC(=O)O)CCN(CC(=O)O)C(Cc2ccc(N=C=S)cc2)CCN(CC(=O)O)CC1. The Bertz CT molecular complexity index is 1050. The van der Waals surface area contributed by atoms with Crippen molar-refractivity contribution >= 4 is 46.9 Å². The molecule has 220 valence electrons. The minimum absolute atomic E-state index is 0.210. The van der Waals surface area contributed by atoms with Crippen LogP contribution in [0.15, 0.2) is 29.3 Å². The van der Waals surface area contributed by atoms with Crippen LogP contribution in [-0.2, 0) is 25.6 Å². The van der Waals surface area contributed by atoms with E-state index in [4.69, 9.17) is 0 Å². The van der Waals surface area contributed by atoms with Gasteiger partial charge < -0.3 is 20.4 Å². The van der Waals surface area contributed by atoms with Crippen LogP contribution in [0.1, 0.15) is 18.4 Å². The van der Waals surface area contributed by atoms with Gasteiger partial charge in [0.05, 0.1) is 37.0 Å². The van der Waals surface area contributed by atoms with E-state index in [1.165, 1.54) is 0 Å². The van der Waals surface area contributed by atoms with Crippen LogP contribution < -0.4 is 0 Å². The Morgan fingerprint density at radius 2 is 1.20 bits per heavy atom. The van der Waals surface area contributed by atoms with E-state index >= 15 is 0 Å². The van der Waals surface area contributed by atoms with E-state index in [1.54, 1.807) is 26.8 Å². The van der Waals surface area contributed by atoms with Gasteiger partial charge in [-0.15, -0.1) is 0 Å². The van der Waals surface area contributed by atoms with Crippen LogP contribution in [0.4, 0.5) is 5.69 Å². The number of benzene rings is 1. The van der Waals surface area contributed by atoms with Crippen molar-refractivity contribution in [2.45, 2.75) is 25.3 Å². The van der Waals surface area contributed by atoms with E-state index in [1.807, 2.05) is 17.0 Å². The molecular formula is C26H37N5O8S. The molecule has 1 aliphatic heterocycles. The summed E-state index contributed by atoms with van der Waals surface area (Å²) in [6, 6.07) is 7.00. The first-order chi connectivity index (χ1) is 19.0. The summed E-state index contributed by atoms with van der Waals surface area (Å²) in [4.78, 5) is 57.3. The molecule has 14 heteroatoms. The van der Waals surface area contributed by atoms with Crippen LogP contribution in [0.2, 0.25) is 0 Å². The fraction of sp³-hybridized carbons (Fsp3) is 0.577. The fourth-order valence-electron chi connectivity index (χ4n) is 4.80. The maximum atomic E-state index is 11.8. The van der Waals surface area contributed by atoms with E-state index < -0.39 is 23.9 Å². The number of carboxylic acids is 4. The average Bonchev–Trinajstić information content (AvgIpc) is 2.86. The Balaban J connectivity index is 2.37. The van der Waals surface area contributed by atoms with Gasteiger partial charge in [0, 0.05) is 51.9 Å². The summed E-state index contributed by atoms with van der Waals surface area (Å²) >= 11 is 4.65. The molecule has 1 aromatic rings. The second kappa shape index (κ2) is 17.4. The van der Waals surface area contributed by atoms with Crippen LogP contribution in [0, 0.1) is 0 Å². The molecule has 1 unspecified atom stereocenters. The molecule has 0 radical (unpaired) electrons. The molecule has 1 heterocycles. The lowest BCUT2D eigenvalue weighted by molar-refractivity contribution is -0.141. The van der Waals surface area contributed by atoms with E-state index in [-0.39, 0.29) is 38.8 Å². The summed E-state index contributed by atoms with van der Waals surface area (Å²) in [6.07, 6.45) is 1.41. The molecule has 1 saturated heterocycles. The predicted octanol–water partition coefficient (Wildman–Crippen LogP) is 0.672. The van der Waals surface area contributed by atoms with E-state index in [0.29, 0.717) is 64.2 Å². The van der Waals surface area contributed by atoms with Crippen molar-refractivity contribution in [3.63, 3.8) is 0 Å².